The Kier molecular flexibility index (Phi) is 6.99. The molecule has 0 saturated carbocycles. The number of anilines is 2. The van der Waals surface area contributed by atoms with Gasteiger partial charge in [0.2, 0.25) is 10.0 Å². The highest BCUT2D eigenvalue weighted by Gasteiger charge is 2.25. The lowest BCUT2D eigenvalue weighted by Crippen LogP contribution is -2.31. The van der Waals surface area contributed by atoms with Gasteiger partial charge in [-0.25, -0.2) is 8.42 Å². The van der Waals surface area contributed by atoms with Crippen LogP contribution in [0.2, 0.25) is 15.1 Å². The largest absolute Gasteiger partial charge is 0.396 e. The van der Waals surface area contributed by atoms with Crippen LogP contribution in [0.25, 0.3) is 0 Å². The van der Waals surface area contributed by atoms with Crippen molar-refractivity contribution in [2.75, 3.05) is 24.1 Å². The Labute approximate surface area is 173 Å². The Balaban J connectivity index is 2.39. The number of benzene rings is 2. The lowest BCUT2D eigenvalue weighted by atomic mass is 10.2. The monoisotopic (exact) mass is 449 g/mol. The van der Waals surface area contributed by atoms with Crippen LogP contribution in [0.3, 0.4) is 0 Å². The van der Waals surface area contributed by atoms with E-state index in [0.29, 0.717) is 5.69 Å². The number of hydrogen-bond acceptors (Lipinski definition) is 4. The van der Waals surface area contributed by atoms with Gasteiger partial charge in [0.05, 0.1) is 20.8 Å². The number of nitrogens with two attached hydrogens (primary N) is 1. The van der Waals surface area contributed by atoms with Crippen molar-refractivity contribution in [3.05, 3.63) is 51.0 Å². The fraction of sp³-hybridized carbons (Fsp3) is 0.235. The van der Waals surface area contributed by atoms with E-state index in [9.17, 15) is 13.2 Å². The molecule has 3 N–H and O–H groups in total. The number of hydrogen-bond donors (Lipinski definition) is 2. The van der Waals surface area contributed by atoms with Gasteiger partial charge in [0.1, 0.15) is 4.90 Å². The zero-order valence-electron chi connectivity index (χ0n) is 14.6. The summed E-state index contributed by atoms with van der Waals surface area (Å²) in [6, 6.07) is 6.94. The Hall–Kier alpha value is -1.51. The molecule has 0 aliphatic rings. The van der Waals surface area contributed by atoms with E-state index in [4.69, 9.17) is 40.5 Å². The Bertz CT molecular complexity index is 954. The molecule has 2 rings (SSSR count). The average Bonchev–Trinajstić information content (AvgIpc) is 2.60. The maximum atomic E-state index is 12.7. The Morgan fingerprint density at radius 3 is 2.11 bits per heavy atom. The number of carbonyl (C=O) groups excluding carboxylic acids is 1. The molecule has 0 aliphatic heterocycles. The van der Waals surface area contributed by atoms with Gasteiger partial charge in [0, 0.05) is 24.3 Å². The number of sulfonamides is 1. The second kappa shape index (κ2) is 8.67. The summed E-state index contributed by atoms with van der Waals surface area (Å²) < 4.78 is 26.7. The van der Waals surface area contributed by atoms with E-state index in [1.54, 1.807) is 13.8 Å². The van der Waals surface area contributed by atoms with Gasteiger partial charge in [0.25, 0.3) is 5.91 Å². The number of nitrogens with one attached hydrogen (secondary N) is 1. The SMILES string of the molecule is CCN(CC)S(=O)(=O)c1cc(C(=O)Nc2cc(Cl)c(N)c(Cl)c2)ccc1Cl. The van der Waals surface area contributed by atoms with Gasteiger partial charge in [-0.2, -0.15) is 4.31 Å². The summed E-state index contributed by atoms with van der Waals surface area (Å²) in [4.78, 5) is 12.4. The predicted octanol–water partition coefficient (Wildman–Crippen LogP) is 4.51. The highest BCUT2D eigenvalue weighted by atomic mass is 35.5. The van der Waals surface area contributed by atoms with E-state index < -0.39 is 15.9 Å². The normalized spacial score (nSPS) is 11.6. The highest BCUT2D eigenvalue weighted by molar-refractivity contribution is 7.89. The van der Waals surface area contributed by atoms with Crippen LogP contribution < -0.4 is 11.1 Å². The number of rotatable bonds is 6. The van der Waals surface area contributed by atoms with Crippen molar-refractivity contribution in [2.45, 2.75) is 18.7 Å². The molecule has 146 valence electrons. The molecule has 2 aromatic rings. The first-order chi connectivity index (χ1) is 12.6. The van der Waals surface area contributed by atoms with Crippen LogP contribution in [0.5, 0.6) is 0 Å². The minimum atomic E-state index is -3.82. The first-order valence-electron chi connectivity index (χ1n) is 7.97. The lowest BCUT2D eigenvalue weighted by molar-refractivity contribution is 0.102. The fourth-order valence-corrected chi connectivity index (χ4v) is 4.85. The van der Waals surface area contributed by atoms with Gasteiger partial charge in [-0.15, -0.1) is 0 Å². The molecule has 0 saturated heterocycles. The van der Waals surface area contributed by atoms with Crippen molar-refractivity contribution in [1.29, 1.82) is 0 Å². The standard InChI is InChI=1S/C17H18Cl3N3O3S/c1-3-23(4-2)27(25,26)15-7-10(5-6-12(15)18)17(24)22-11-8-13(19)16(21)14(20)9-11/h5-9H,3-4,21H2,1-2H3,(H,22,24). The fourth-order valence-electron chi connectivity index (χ4n) is 2.40. The van der Waals surface area contributed by atoms with Crippen molar-refractivity contribution in [1.82, 2.24) is 4.31 Å². The van der Waals surface area contributed by atoms with Crippen LogP contribution in [0.15, 0.2) is 35.2 Å². The third kappa shape index (κ3) is 4.67. The molecule has 27 heavy (non-hydrogen) atoms. The maximum Gasteiger partial charge on any atom is 0.255 e. The third-order valence-corrected chi connectivity index (χ3v) is 7.01. The number of carbonyl (C=O) groups is 1. The average molecular weight is 451 g/mol. The third-order valence-electron chi connectivity index (χ3n) is 3.85. The molecular formula is C17H18Cl3N3O3S. The van der Waals surface area contributed by atoms with E-state index >= 15 is 0 Å². The van der Waals surface area contributed by atoms with Crippen LogP contribution in [0.1, 0.15) is 24.2 Å². The molecule has 10 heteroatoms. The molecule has 0 bridgehead atoms. The van der Waals surface area contributed by atoms with Crippen LogP contribution in [0, 0.1) is 0 Å². The van der Waals surface area contributed by atoms with E-state index in [1.807, 2.05) is 0 Å². The number of halogens is 3. The van der Waals surface area contributed by atoms with Gasteiger partial charge in [-0.05, 0) is 30.3 Å². The summed E-state index contributed by atoms with van der Waals surface area (Å²) in [6.45, 7) is 4.02. The van der Waals surface area contributed by atoms with E-state index in [1.165, 1.54) is 34.6 Å². The zero-order chi connectivity index (χ0) is 20.4. The molecule has 0 unspecified atom stereocenters. The van der Waals surface area contributed by atoms with E-state index in [-0.39, 0.29) is 44.3 Å². The van der Waals surface area contributed by atoms with Crippen molar-refractivity contribution >= 4 is 62.1 Å². The summed E-state index contributed by atoms with van der Waals surface area (Å²) in [6.07, 6.45) is 0. The van der Waals surface area contributed by atoms with Gasteiger partial charge in [0.15, 0.2) is 0 Å². The summed E-state index contributed by atoms with van der Waals surface area (Å²) in [5.41, 5.74) is 6.32. The molecule has 0 radical (unpaired) electrons. The highest BCUT2D eigenvalue weighted by Crippen LogP contribution is 2.31. The van der Waals surface area contributed by atoms with Crippen LogP contribution in [-0.4, -0.2) is 31.7 Å². The Morgan fingerprint density at radius 2 is 1.59 bits per heavy atom. The van der Waals surface area contributed by atoms with Crippen LogP contribution >= 0.6 is 34.8 Å². The van der Waals surface area contributed by atoms with Gasteiger partial charge in [-0.1, -0.05) is 48.7 Å². The lowest BCUT2D eigenvalue weighted by Gasteiger charge is -2.19. The van der Waals surface area contributed by atoms with Gasteiger partial charge in [-0.3, -0.25) is 4.79 Å². The molecule has 0 atom stereocenters. The van der Waals surface area contributed by atoms with Crippen LogP contribution in [0.4, 0.5) is 11.4 Å². The van der Waals surface area contributed by atoms with Gasteiger partial charge < -0.3 is 11.1 Å². The van der Waals surface area contributed by atoms with E-state index in [0.717, 1.165) is 0 Å². The molecule has 0 aromatic heterocycles. The summed E-state index contributed by atoms with van der Waals surface area (Å²) in [5, 5.41) is 3.03. The second-order valence-corrected chi connectivity index (χ2v) is 8.67. The molecule has 0 fully saturated rings. The first kappa shape index (κ1) is 21.8. The molecular weight excluding hydrogens is 433 g/mol. The van der Waals surface area contributed by atoms with Crippen molar-refractivity contribution in [3.8, 4) is 0 Å². The summed E-state index contributed by atoms with van der Waals surface area (Å²) in [7, 11) is -3.82. The second-order valence-electron chi connectivity index (χ2n) is 5.54. The molecule has 6 nitrogen and oxygen atoms in total. The van der Waals surface area contributed by atoms with Crippen molar-refractivity contribution in [2.24, 2.45) is 0 Å². The van der Waals surface area contributed by atoms with Crippen molar-refractivity contribution in [3.63, 3.8) is 0 Å². The summed E-state index contributed by atoms with van der Waals surface area (Å²) in [5.74, 6) is -0.542. The minimum absolute atomic E-state index is 0.0389. The number of amides is 1. The Morgan fingerprint density at radius 1 is 1.04 bits per heavy atom. The first-order valence-corrected chi connectivity index (χ1v) is 10.5. The molecule has 0 spiro atoms. The quantitative estimate of drug-likeness (QED) is 0.633. The van der Waals surface area contributed by atoms with E-state index in [2.05, 4.69) is 5.32 Å². The topological polar surface area (TPSA) is 92.5 Å². The molecule has 0 heterocycles. The minimum Gasteiger partial charge on any atom is -0.396 e. The number of nitrogen functional groups attached to an aromatic ring is 1. The summed E-state index contributed by atoms with van der Waals surface area (Å²) >= 11 is 18.0. The van der Waals surface area contributed by atoms with Crippen molar-refractivity contribution < 1.29 is 13.2 Å². The maximum absolute atomic E-state index is 12.7. The zero-order valence-corrected chi connectivity index (χ0v) is 17.7. The predicted molar refractivity (Wildman–Crippen MR) is 110 cm³/mol. The van der Waals surface area contributed by atoms with Crippen LogP contribution in [-0.2, 0) is 10.0 Å². The molecule has 1 amide bonds. The van der Waals surface area contributed by atoms with Gasteiger partial charge >= 0.3 is 0 Å². The smallest absolute Gasteiger partial charge is 0.255 e. The molecule has 2 aromatic carbocycles. The molecule has 0 aliphatic carbocycles. The number of nitrogens with zero attached hydrogens (tertiary/aromatic N) is 1.